The molecule has 3 aromatic rings. The molecule has 27 heavy (non-hydrogen) atoms. The number of benzene rings is 2. The summed E-state index contributed by atoms with van der Waals surface area (Å²) in [5, 5.41) is 13.3. The van der Waals surface area contributed by atoms with E-state index in [0.717, 1.165) is 11.6 Å². The zero-order chi connectivity index (χ0) is 19.6. The number of hydrogen-bond acceptors (Lipinski definition) is 5. The molecule has 0 aliphatic carbocycles. The van der Waals surface area contributed by atoms with Crippen LogP contribution in [0.3, 0.4) is 0 Å². The van der Waals surface area contributed by atoms with Crippen LogP contribution in [0.25, 0.3) is 0 Å². The fraction of sp³-hybridized carbons (Fsp3) is 0.158. The third-order valence-electron chi connectivity index (χ3n) is 3.99. The van der Waals surface area contributed by atoms with E-state index in [0.29, 0.717) is 16.3 Å². The minimum absolute atomic E-state index is 0.0454. The van der Waals surface area contributed by atoms with E-state index >= 15 is 0 Å². The van der Waals surface area contributed by atoms with Crippen LogP contribution in [0.2, 0.25) is 5.02 Å². The van der Waals surface area contributed by atoms with Crippen LogP contribution in [0, 0.1) is 12.7 Å². The van der Waals surface area contributed by atoms with Gasteiger partial charge in [0.25, 0.3) is 0 Å². The molecule has 0 bridgehead atoms. The number of methoxy groups -OCH3 is 1. The molecule has 6 nitrogen and oxygen atoms in total. The summed E-state index contributed by atoms with van der Waals surface area (Å²) in [6.45, 7) is 1.98. The second-order valence-corrected chi connectivity index (χ2v) is 6.33. The number of phenols is 1. The Morgan fingerprint density at radius 1 is 1.33 bits per heavy atom. The van der Waals surface area contributed by atoms with Gasteiger partial charge in [-0.3, -0.25) is 4.79 Å². The van der Waals surface area contributed by atoms with Crippen molar-refractivity contribution >= 4 is 23.2 Å². The van der Waals surface area contributed by atoms with Crippen LogP contribution >= 0.6 is 11.6 Å². The zero-order valence-electron chi connectivity index (χ0n) is 14.7. The molecule has 3 rings (SSSR count). The predicted molar refractivity (Wildman–Crippen MR) is 102 cm³/mol. The first kappa shape index (κ1) is 18.7. The van der Waals surface area contributed by atoms with Gasteiger partial charge in [-0.05, 0) is 42.3 Å². The SMILES string of the molecule is COc1cn(Cc2cc(O)cc(F)c2)c(Nc2cccc(Cl)c2C)nc1=O. The van der Waals surface area contributed by atoms with Crippen LogP contribution in [-0.2, 0) is 6.54 Å². The lowest BCUT2D eigenvalue weighted by Crippen LogP contribution is -2.19. The summed E-state index contributed by atoms with van der Waals surface area (Å²) in [4.78, 5) is 16.1. The van der Waals surface area contributed by atoms with Crippen molar-refractivity contribution in [2.24, 2.45) is 0 Å². The van der Waals surface area contributed by atoms with E-state index in [9.17, 15) is 14.3 Å². The molecule has 2 N–H and O–H groups in total. The van der Waals surface area contributed by atoms with Gasteiger partial charge in [-0.25, -0.2) is 4.39 Å². The maximum atomic E-state index is 13.6. The molecule has 1 heterocycles. The molecule has 0 saturated heterocycles. The van der Waals surface area contributed by atoms with Crippen LogP contribution in [0.5, 0.6) is 11.5 Å². The average molecular weight is 390 g/mol. The Labute approximate surface area is 159 Å². The minimum Gasteiger partial charge on any atom is -0.508 e. The number of anilines is 2. The van der Waals surface area contributed by atoms with Gasteiger partial charge >= 0.3 is 5.56 Å². The van der Waals surface area contributed by atoms with Gasteiger partial charge in [-0.15, -0.1) is 0 Å². The number of ether oxygens (including phenoxy) is 1. The predicted octanol–water partition coefficient (Wildman–Crippen LogP) is 3.85. The first-order valence-corrected chi connectivity index (χ1v) is 8.41. The molecule has 0 amide bonds. The van der Waals surface area contributed by atoms with E-state index in [1.807, 2.05) is 6.92 Å². The van der Waals surface area contributed by atoms with E-state index in [2.05, 4.69) is 10.3 Å². The first-order valence-electron chi connectivity index (χ1n) is 8.03. The fourth-order valence-electron chi connectivity index (χ4n) is 2.62. The van der Waals surface area contributed by atoms with Crippen molar-refractivity contribution in [2.75, 3.05) is 12.4 Å². The lowest BCUT2D eigenvalue weighted by molar-refractivity contribution is 0.402. The molecule has 0 atom stereocenters. The first-order chi connectivity index (χ1) is 12.9. The Kier molecular flexibility index (Phi) is 5.32. The number of phenolic OH excluding ortho intramolecular Hbond substituents is 1. The van der Waals surface area contributed by atoms with E-state index in [4.69, 9.17) is 16.3 Å². The quantitative estimate of drug-likeness (QED) is 0.693. The van der Waals surface area contributed by atoms with Crippen molar-refractivity contribution in [3.05, 3.63) is 74.9 Å². The summed E-state index contributed by atoms with van der Waals surface area (Å²) in [7, 11) is 1.37. The third-order valence-corrected chi connectivity index (χ3v) is 4.40. The van der Waals surface area contributed by atoms with Gasteiger partial charge < -0.3 is 19.7 Å². The summed E-state index contributed by atoms with van der Waals surface area (Å²) >= 11 is 6.15. The second-order valence-electron chi connectivity index (χ2n) is 5.92. The van der Waals surface area contributed by atoms with Gasteiger partial charge in [0, 0.05) is 16.8 Å². The lowest BCUT2D eigenvalue weighted by atomic mass is 10.2. The monoisotopic (exact) mass is 389 g/mol. The number of rotatable bonds is 5. The maximum Gasteiger partial charge on any atom is 0.316 e. The Morgan fingerprint density at radius 3 is 2.81 bits per heavy atom. The van der Waals surface area contributed by atoms with Crippen molar-refractivity contribution in [2.45, 2.75) is 13.5 Å². The van der Waals surface area contributed by atoms with Crippen molar-refractivity contribution in [3.8, 4) is 11.5 Å². The van der Waals surface area contributed by atoms with Crippen molar-refractivity contribution in [1.29, 1.82) is 0 Å². The Morgan fingerprint density at radius 2 is 2.11 bits per heavy atom. The van der Waals surface area contributed by atoms with Crippen LogP contribution in [0.15, 0.2) is 47.4 Å². The molecular formula is C19H17ClFN3O3. The molecular weight excluding hydrogens is 373 g/mol. The highest BCUT2D eigenvalue weighted by Gasteiger charge is 2.12. The molecule has 8 heteroatoms. The summed E-state index contributed by atoms with van der Waals surface area (Å²) in [6, 6.07) is 9.07. The molecule has 140 valence electrons. The van der Waals surface area contributed by atoms with E-state index < -0.39 is 11.4 Å². The molecule has 0 unspecified atom stereocenters. The molecule has 0 saturated carbocycles. The largest absolute Gasteiger partial charge is 0.508 e. The van der Waals surface area contributed by atoms with Crippen LogP contribution in [0.4, 0.5) is 16.0 Å². The second kappa shape index (κ2) is 7.67. The highest BCUT2D eigenvalue weighted by atomic mass is 35.5. The van der Waals surface area contributed by atoms with E-state index in [-0.39, 0.29) is 24.0 Å². The number of nitrogens with one attached hydrogen (secondary N) is 1. The van der Waals surface area contributed by atoms with Gasteiger partial charge in [-0.1, -0.05) is 17.7 Å². The van der Waals surface area contributed by atoms with Crippen LogP contribution in [-0.4, -0.2) is 21.8 Å². The molecule has 0 aliphatic heterocycles. The maximum absolute atomic E-state index is 13.6. The summed E-state index contributed by atoms with van der Waals surface area (Å²) in [5.41, 5.74) is 1.42. The van der Waals surface area contributed by atoms with Gasteiger partial charge in [0.2, 0.25) is 11.7 Å². The highest BCUT2D eigenvalue weighted by Crippen LogP contribution is 2.26. The standard InChI is InChI=1S/C19H17ClFN3O3/c1-11-15(20)4-3-5-16(11)22-19-23-18(26)17(27-2)10-24(19)9-12-6-13(21)8-14(25)7-12/h3-8,10,25H,9H2,1-2H3,(H,22,23,26). The number of nitrogens with zero attached hydrogens (tertiary/aromatic N) is 2. The average Bonchev–Trinajstić information content (AvgIpc) is 2.60. The van der Waals surface area contributed by atoms with Gasteiger partial charge in [-0.2, -0.15) is 4.98 Å². The molecule has 2 aromatic carbocycles. The van der Waals surface area contributed by atoms with E-state index in [1.54, 1.807) is 22.8 Å². The van der Waals surface area contributed by atoms with Gasteiger partial charge in [0.05, 0.1) is 19.9 Å². The third kappa shape index (κ3) is 4.20. The van der Waals surface area contributed by atoms with Crippen molar-refractivity contribution in [1.82, 2.24) is 9.55 Å². The number of aromatic hydroxyl groups is 1. The summed E-state index contributed by atoms with van der Waals surface area (Å²) in [5.74, 6) is -0.476. The van der Waals surface area contributed by atoms with Crippen molar-refractivity contribution in [3.63, 3.8) is 0 Å². The normalized spacial score (nSPS) is 10.7. The number of halogens is 2. The summed E-state index contributed by atoms with van der Waals surface area (Å²) in [6.07, 6.45) is 1.47. The van der Waals surface area contributed by atoms with Crippen LogP contribution < -0.4 is 15.6 Å². The topological polar surface area (TPSA) is 76.4 Å². The lowest BCUT2D eigenvalue weighted by Gasteiger charge is -2.17. The molecule has 0 radical (unpaired) electrons. The number of hydrogen-bond donors (Lipinski definition) is 2. The zero-order valence-corrected chi connectivity index (χ0v) is 15.4. The van der Waals surface area contributed by atoms with Gasteiger partial charge in [0.1, 0.15) is 11.6 Å². The minimum atomic E-state index is -0.564. The fourth-order valence-corrected chi connectivity index (χ4v) is 2.79. The Hall–Kier alpha value is -3.06. The molecule has 0 aliphatic rings. The Balaban J connectivity index is 2.05. The van der Waals surface area contributed by atoms with Crippen LogP contribution in [0.1, 0.15) is 11.1 Å². The smallest absolute Gasteiger partial charge is 0.316 e. The molecule has 0 fully saturated rings. The number of aromatic nitrogens is 2. The van der Waals surface area contributed by atoms with Crippen molar-refractivity contribution < 1.29 is 14.2 Å². The highest BCUT2D eigenvalue weighted by molar-refractivity contribution is 6.31. The van der Waals surface area contributed by atoms with Gasteiger partial charge in [0.15, 0.2) is 0 Å². The summed E-state index contributed by atoms with van der Waals surface area (Å²) < 4.78 is 20.2. The molecule has 1 aromatic heterocycles. The van der Waals surface area contributed by atoms with E-state index in [1.165, 1.54) is 25.4 Å². The Bertz CT molecular complexity index is 1030. The molecule has 0 spiro atoms.